The van der Waals surface area contributed by atoms with Gasteiger partial charge in [0.25, 0.3) is 0 Å². The summed E-state index contributed by atoms with van der Waals surface area (Å²) < 4.78 is 4.86. The summed E-state index contributed by atoms with van der Waals surface area (Å²) in [7, 11) is 0. The Morgan fingerprint density at radius 1 is 1.55 bits per heavy atom. The van der Waals surface area contributed by atoms with Gasteiger partial charge in [0.2, 0.25) is 0 Å². The number of hydrogen-bond donors (Lipinski definition) is 0. The zero-order chi connectivity index (χ0) is 8.10. The van der Waals surface area contributed by atoms with Gasteiger partial charge in [0, 0.05) is 24.6 Å². The molecule has 1 aliphatic heterocycles. The lowest BCUT2D eigenvalue weighted by molar-refractivity contribution is 0.111. The summed E-state index contributed by atoms with van der Waals surface area (Å²) in [5.74, 6) is 2.08. The third kappa shape index (κ3) is 2.61. The van der Waals surface area contributed by atoms with E-state index in [1.165, 1.54) is 0 Å². The molecule has 0 saturated carbocycles. The van der Waals surface area contributed by atoms with Gasteiger partial charge in [0.15, 0.2) is 0 Å². The van der Waals surface area contributed by atoms with E-state index >= 15 is 0 Å². The highest BCUT2D eigenvalue weighted by atomic mass is 32.2. The van der Waals surface area contributed by atoms with Crippen molar-refractivity contribution < 1.29 is 9.53 Å². The van der Waals surface area contributed by atoms with Crippen LogP contribution in [0.4, 0.5) is 4.79 Å². The first-order valence-corrected chi connectivity index (χ1v) is 4.99. The number of thioether (sulfide) groups is 1. The Labute approximate surface area is 71.1 Å². The molecule has 1 aliphatic rings. The first kappa shape index (κ1) is 8.71. The van der Waals surface area contributed by atoms with E-state index in [0.717, 1.165) is 24.6 Å². The van der Waals surface area contributed by atoms with Gasteiger partial charge in [-0.2, -0.15) is 11.8 Å². The third-order valence-electron chi connectivity index (χ3n) is 1.54. The Hall–Kier alpha value is -0.380. The molecule has 1 rings (SSSR count). The Balaban J connectivity index is 2.27. The molecule has 0 aliphatic carbocycles. The van der Waals surface area contributed by atoms with Crippen molar-refractivity contribution in [3.63, 3.8) is 0 Å². The molecule has 0 atom stereocenters. The fourth-order valence-corrected chi connectivity index (χ4v) is 1.86. The van der Waals surface area contributed by atoms with Crippen molar-refractivity contribution in [3.8, 4) is 0 Å². The van der Waals surface area contributed by atoms with Crippen molar-refractivity contribution in [3.05, 3.63) is 0 Å². The number of ether oxygens (including phenoxy) is 1. The van der Waals surface area contributed by atoms with Crippen LogP contribution in [-0.2, 0) is 4.74 Å². The number of nitrogens with zero attached hydrogens (tertiary/aromatic N) is 1. The summed E-state index contributed by atoms with van der Waals surface area (Å²) in [4.78, 5) is 12.9. The lowest BCUT2D eigenvalue weighted by atomic mass is 10.5. The molecule has 11 heavy (non-hydrogen) atoms. The van der Waals surface area contributed by atoms with Gasteiger partial charge in [0.05, 0.1) is 6.61 Å². The maximum atomic E-state index is 11.1. The molecule has 3 nitrogen and oxygen atoms in total. The van der Waals surface area contributed by atoms with Crippen molar-refractivity contribution in [1.29, 1.82) is 0 Å². The average molecular weight is 175 g/mol. The van der Waals surface area contributed by atoms with Gasteiger partial charge < -0.3 is 9.64 Å². The van der Waals surface area contributed by atoms with Gasteiger partial charge in [-0.15, -0.1) is 0 Å². The lowest BCUT2D eigenvalue weighted by Gasteiger charge is -2.25. The fraction of sp³-hybridized carbons (Fsp3) is 0.857. The largest absolute Gasteiger partial charge is 0.450 e. The predicted molar refractivity (Wildman–Crippen MR) is 45.9 cm³/mol. The molecule has 0 aromatic carbocycles. The fourth-order valence-electron chi connectivity index (χ4n) is 0.961. The summed E-state index contributed by atoms with van der Waals surface area (Å²) >= 11 is 1.88. The lowest BCUT2D eigenvalue weighted by Crippen LogP contribution is -2.38. The van der Waals surface area contributed by atoms with E-state index in [9.17, 15) is 4.79 Å². The van der Waals surface area contributed by atoms with E-state index in [1.807, 2.05) is 18.7 Å². The molecule has 1 amide bonds. The Morgan fingerprint density at radius 3 is 2.73 bits per heavy atom. The predicted octanol–water partition coefficient (Wildman–Crippen LogP) is 1.19. The van der Waals surface area contributed by atoms with Crippen LogP contribution in [0.2, 0.25) is 0 Å². The second-order valence-electron chi connectivity index (χ2n) is 2.30. The highest BCUT2D eigenvalue weighted by molar-refractivity contribution is 7.99. The molecular formula is C7H13NO2S. The van der Waals surface area contributed by atoms with Crippen LogP contribution in [0.3, 0.4) is 0 Å². The van der Waals surface area contributed by atoms with E-state index < -0.39 is 0 Å². The first-order chi connectivity index (χ1) is 5.34. The number of rotatable bonds is 1. The van der Waals surface area contributed by atoms with Crippen molar-refractivity contribution in [2.45, 2.75) is 6.92 Å². The highest BCUT2D eigenvalue weighted by Gasteiger charge is 2.16. The molecule has 0 N–H and O–H groups in total. The molecule has 0 spiro atoms. The van der Waals surface area contributed by atoms with Crippen LogP contribution < -0.4 is 0 Å². The van der Waals surface area contributed by atoms with Crippen molar-refractivity contribution in [2.75, 3.05) is 31.2 Å². The Bertz CT molecular complexity index is 134. The summed E-state index contributed by atoms with van der Waals surface area (Å²) in [6, 6.07) is 0. The minimum absolute atomic E-state index is 0.159. The average Bonchev–Trinajstić information content (AvgIpc) is 2.07. The Morgan fingerprint density at radius 2 is 2.18 bits per heavy atom. The monoisotopic (exact) mass is 175 g/mol. The number of carbonyl (C=O) groups excluding carboxylic acids is 1. The first-order valence-electron chi connectivity index (χ1n) is 3.84. The smallest absolute Gasteiger partial charge is 0.409 e. The number of hydrogen-bond acceptors (Lipinski definition) is 3. The molecule has 4 heteroatoms. The summed E-state index contributed by atoms with van der Waals surface area (Å²) in [6.45, 7) is 3.98. The Kier molecular flexibility index (Phi) is 3.56. The van der Waals surface area contributed by atoms with Crippen LogP contribution in [0.1, 0.15) is 6.92 Å². The van der Waals surface area contributed by atoms with Crippen LogP contribution in [0.5, 0.6) is 0 Å². The molecular weight excluding hydrogens is 162 g/mol. The zero-order valence-corrected chi connectivity index (χ0v) is 7.52. The van der Waals surface area contributed by atoms with Gasteiger partial charge in [0.1, 0.15) is 0 Å². The molecule has 0 bridgehead atoms. The summed E-state index contributed by atoms with van der Waals surface area (Å²) in [5.41, 5.74) is 0. The number of amides is 1. The van der Waals surface area contributed by atoms with Gasteiger partial charge in [-0.25, -0.2) is 4.79 Å². The van der Waals surface area contributed by atoms with Gasteiger partial charge in [-0.3, -0.25) is 0 Å². The van der Waals surface area contributed by atoms with Gasteiger partial charge >= 0.3 is 6.09 Å². The topological polar surface area (TPSA) is 29.5 Å². The standard InChI is InChI=1S/C7H13NO2S/c1-2-10-7(9)8-3-5-11-6-4-8/h2-6H2,1H3. The van der Waals surface area contributed by atoms with Gasteiger partial charge in [-0.1, -0.05) is 0 Å². The molecule has 1 fully saturated rings. The highest BCUT2D eigenvalue weighted by Crippen LogP contribution is 2.09. The van der Waals surface area contributed by atoms with Crippen LogP contribution >= 0.6 is 11.8 Å². The van der Waals surface area contributed by atoms with Crippen LogP contribution in [-0.4, -0.2) is 42.2 Å². The molecule has 0 radical (unpaired) electrons. The van der Waals surface area contributed by atoms with E-state index in [1.54, 1.807) is 4.90 Å². The SMILES string of the molecule is CCOC(=O)N1CCSCC1. The summed E-state index contributed by atoms with van der Waals surface area (Å²) in [6.07, 6.45) is -0.159. The zero-order valence-electron chi connectivity index (χ0n) is 6.71. The third-order valence-corrected chi connectivity index (χ3v) is 2.48. The van der Waals surface area contributed by atoms with E-state index in [-0.39, 0.29) is 6.09 Å². The van der Waals surface area contributed by atoms with E-state index in [2.05, 4.69) is 0 Å². The van der Waals surface area contributed by atoms with Crippen LogP contribution in [0, 0.1) is 0 Å². The molecule has 64 valence electrons. The molecule has 0 unspecified atom stereocenters. The van der Waals surface area contributed by atoms with Crippen LogP contribution in [0.15, 0.2) is 0 Å². The molecule has 1 saturated heterocycles. The summed E-state index contributed by atoms with van der Waals surface area (Å²) in [5, 5.41) is 0. The number of carbonyl (C=O) groups is 1. The molecule has 0 aromatic rings. The minimum Gasteiger partial charge on any atom is -0.450 e. The molecule has 1 heterocycles. The van der Waals surface area contributed by atoms with Crippen molar-refractivity contribution in [1.82, 2.24) is 4.90 Å². The maximum absolute atomic E-state index is 11.1. The van der Waals surface area contributed by atoms with Gasteiger partial charge in [-0.05, 0) is 6.92 Å². The second kappa shape index (κ2) is 4.49. The minimum atomic E-state index is -0.159. The van der Waals surface area contributed by atoms with Crippen molar-refractivity contribution in [2.24, 2.45) is 0 Å². The van der Waals surface area contributed by atoms with Crippen molar-refractivity contribution >= 4 is 17.9 Å². The quantitative estimate of drug-likeness (QED) is 0.599. The normalized spacial score (nSPS) is 18.1. The second-order valence-corrected chi connectivity index (χ2v) is 3.52. The van der Waals surface area contributed by atoms with E-state index in [0.29, 0.717) is 6.61 Å². The van der Waals surface area contributed by atoms with E-state index in [4.69, 9.17) is 4.74 Å². The van der Waals surface area contributed by atoms with Crippen LogP contribution in [0.25, 0.3) is 0 Å². The maximum Gasteiger partial charge on any atom is 0.409 e. The molecule has 0 aromatic heterocycles.